The molecule has 5 rings (SSSR count). The number of ether oxygens (including phenoxy) is 1. The molecule has 2 N–H and O–H groups in total. The Morgan fingerprint density at radius 2 is 1.57 bits per heavy atom. The number of hydrogen-bond donors (Lipinski definition) is 2. The van der Waals surface area contributed by atoms with Crippen LogP contribution in [0.5, 0.6) is 0 Å². The van der Waals surface area contributed by atoms with Gasteiger partial charge in [0.2, 0.25) is 0 Å². The van der Waals surface area contributed by atoms with Crippen molar-refractivity contribution in [2.45, 2.75) is 55.3 Å². The molecule has 1 aliphatic heterocycles. The van der Waals surface area contributed by atoms with Gasteiger partial charge in [0, 0.05) is 5.92 Å². The average molecular weight is 340 g/mol. The van der Waals surface area contributed by atoms with Crippen molar-refractivity contribution in [2.24, 2.45) is 35.5 Å². The molecule has 130 valence electrons. The van der Waals surface area contributed by atoms with Gasteiger partial charge in [0.1, 0.15) is 0 Å². The summed E-state index contributed by atoms with van der Waals surface area (Å²) in [6.07, 6.45) is -4.25. The van der Waals surface area contributed by atoms with E-state index in [1.54, 1.807) is 0 Å². The van der Waals surface area contributed by atoms with E-state index in [4.69, 9.17) is 0 Å². The maximum Gasteiger partial charge on any atom is 0.449 e. The van der Waals surface area contributed by atoms with Gasteiger partial charge in [0.25, 0.3) is 0 Å². The summed E-state index contributed by atoms with van der Waals surface area (Å²) < 4.78 is 73.1. The van der Waals surface area contributed by atoms with Crippen molar-refractivity contribution in [1.29, 1.82) is 0 Å². The lowest BCUT2D eigenvalue weighted by Gasteiger charge is -2.45. The Bertz CT molecular complexity index is 580. The number of rotatable bonds is 0. The number of hydrogen-bond acceptors (Lipinski definition) is 3. The van der Waals surface area contributed by atoms with E-state index in [9.17, 15) is 32.2 Å². The van der Waals surface area contributed by atoms with Gasteiger partial charge in [-0.25, -0.2) is 0 Å². The number of halogens is 5. The molecule has 4 bridgehead atoms. The summed E-state index contributed by atoms with van der Waals surface area (Å²) in [5, 5.41) is 20.3. The predicted molar refractivity (Wildman–Crippen MR) is 65.2 cm³/mol. The third-order valence-electron chi connectivity index (χ3n) is 7.53. The minimum atomic E-state index is -5.66. The second-order valence-electron chi connectivity index (χ2n) is 8.07. The number of aliphatic hydroxyl groups is 2. The third-order valence-corrected chi connectivity index (χ3v) is 7.53. The van der Waals surface area contributed by atoms with E-state index in [0.29, 0.717) is 5.92 Å². The first-order valence-electron chi connectivity index (χ1n) is 8.11. The van der Waals surface area contributed by atoms with E-state index in [1.807, 2.05) is 0 Å². The molecule has 3 nitrogen and oxygen atoms in total. The molecule has 1 saturated heterocycles. The molecule has 0 aromatic rings. The van der Waals surface area contributed by atoms with Gasteiger partial charge < -0.3 is 14.9 Å². The first-order chi connectivity index (χ1) is 10.5. The molecular weight excluding hydrogens is 323 g/mol. The van der Waals surface area contributed by atoms with Gasteiger partial charge in [-0.15, -0.1) is 0 Å². The topological polar surface area (TPSA) is 49.7 Å². The van der Waals surface area contributed by atoms with Crippen molar-refractivity contribution < 1.29 is 36.9 Å². The largest absolute Gasteiger partial charge is 0.449 e. The molecule has 0 amide bonds. The molecule has 9 unspecified atom stereocenters. The highest BCUT2D eigenvalue weighted by molar-refractivity contribution is 5.29. The highest BCUT2D eigenvalue weighted by atomic mass is 19.4. The SMILES string of the molecule is OC12C3CC(C4C5CCC(C5)C43)C1OC(O)(C(F)(F)F)C2(F)F. The first-order valence-corrected chi connectivity index (χ1v) is 8.11. The van der Waals surface area contributed by atoms with Crippen LogP contribution in [-0.2, 0) is 4.74 Å². The van der Waals surface area contributed by atoms with Crippen LogP contribution in [0.15, 0.2) is 0 Å². The molecule has 23 heavy (non-hydrogen) atoms. The third kappa shape index (κ3) is 1.27. The van der Waals surface area contributed by atoms with Crippen LogP contribution in [-0.4, -0.2) is 39.8 Å². The smallest absolute Gasteiger partial charge is 0.380 e. The number of fused-ring (bicyclic) bond motifs is 12. The second kappa shape index (κ2) is 3.70. The lowest BCUT2D eigenvalue weighted by atomic mass is 9.63. The lowest BCUT2D eigenvalue weighted by Crippen LogP contribution is -2.66. The molecule has 5 aliphatic rings. The standard InChI is InChI=1S/C15H17F5O3/c16-13(17)12(21)8-4-7(9-5-1-2-6(3-5)10(8)9)11(12)23-14(13,22)15(18,19)20/h5-11,21-22H,1-4H2. The summed E-state index contributed by atoms with van der Waals surface area (Å²) >= 11 is 0. The molecule has 0 spiro atoms. The van der Waals surface area contributed by atoms with Crippen LogP contribution in [0.3, 0.4) is 0 Å². The Kier molecular flexibility index (Phi) is 2.39. The Morgan fingerprint density at radius 1 is 0.957 bits per heavy atom. The molecule has 0 radical (unpaired) electrons. The van der Waals surface area contributed by atoms with Crippen LogP contribution in [0.25, 0.3) is 0 Å². The fraction of sp³-hybridized carbons (Fsp3) is 1.00. The molecule has 4 aliphatic carbocycles. The van der Waals surface area contributed by atoms with E-state index >= 15 is 0 Å². The molecule has 4 saturated carbocycles. The highest BCUT2D eigenvalue weighted by Crippen LogP contribution is 2.75. The van der Waals surface area contributed by atoms with E-state index in [0.717, 1.165) is 19.3 Å². The Balaban J connectivity index is 1.62. The van der Waals surface area contributed by atoms with E-state index in [-0.39, 0.29) is 24.2 Å². The summed E-state index contributed by atoms with van der Waals surface area (Å²) in [7, 11) is 0. The normalized spacial score (nSPS) is 62.0. The van der Waals surface area contributed by atoms with Crippen LogP contribution in [0, 0.1) is 35.5 Å². The maximum absolute atomic E-state index is 14.6. The van der Waals surface area contributed by atoms with Crippen molar-refractivity contribution in [1.82, 2.24) is 0 Å². The molecule has 0 aromatic carbocycles. The van der Waals surface area contributed by atoms with Gasteiger partial charge in [-0.3, -0.25) is 0 Å². The average Bonchev–Trinajstić information content (AvgIpc) is 3.17. The maximum atomic E-state index is 14.6. The van der Waals surface area contributed by atoms with E-state index < -0.39 is 41.4 Å². The predicted octanol–water partition coefficient (Wildman–Crippen LogP) is 2.31. The zero-order valence-electron chi connectivity index (χ0n) is 12.1. The summed E-state index contributed by atoms with van der Waals surface area (Å²) in [4.78, 5) is 0. The van der Waals surface area contributed by atoms with Crippen molar-refractivity contribution in [2.75, 3.05) is 0 Å². The van der Waals surface area contributed by atoms with E-state index in [2.05, 4.69) is 4.74 Å². The monoisotopic (exact) mass is 340 g/mol. The first kappa shape index (κ1) is 14.8. The number of alkyl halides is 5. The summed E-state index contributed by atoms with van der Waals surface area (Å²) in [5.41, 5.74) is -2.92. The van der Waals surface area contributed by atoms with Gasteiger partial charge in [0.05, 0.1) is 6.10 Å². The highest BCUT2D eigenvalue weighted by Gasteiger charge is 2.91. The van der Waals surface area contributed by atoms with Crippen LogP contribution in [0.1, 0.15) is 25.7 Å². The minimum Gasteiger partial charge on any atom is -0.380 e. The van der Waals surface area contributed by atoms with Crippen LogP contribution >= 0.6 is 0 Å². The molecule has 0 aromatic heterocycles. The Hall–Kier alpha value is -0.470. The van der Waals surface area contributed by atoms with Crippen LogP contribution in [0.4, 0.5) is 22.0 Å². The molecule has 9 atom stereocenters. The molecule has 5 fully saturated rings. The van der Waals surface area contributed by atoms with Crippen LogP contribution in [0.2, 0.25) is 0 Å². The summed E-state index contributed by atoms with van der Waals surface area (Å²) in [6, 6.07) is 0. The molecule has 8 heteroatoms. The lowest BCUT2D eigenvalue weighted by molar-refractivity contribution is -0.415. The van der Waals surface area contributed by atoms with Gasteiger partial charge >= 0.3 is 17.9 Å². The zero-order valence-corrected chi connectivity index (χ0v) is 12.1. The van der Waals surface area contributed by atoms with Crippen molar-refractivity contribution in [3.8, 4) is 0 Å². The second-order valence-corrected chi connectivity index (χ2v) is 8.07. The minimum absolute atomic E-state index is 0.0513. The zero-order chi connectivity index (χ0) is 16.6. The van der Waals surface area contributed by atoms with Gasteiger partial charge in [-0.05, 0) is 55.3 Å². The Morgan fingerprint density at radius 3 is 2.17 bits per heavy atom. The molecular formula is C15H17F5O3. The van der Waals surface area contributed by atoms with Crippen LogP contribution < -0.4 is 0 Å². The van der Waals surface area contributed by atoms with Gasteiger partial charge in [-0.1, -0.05) is 0 Å². The van der Waals surface area contributed by atoms with Crippen molar-refractivity contribution >= 4 is 0 Å². The fourth-order valence-electron chi connectivity index (χ4n) is 6.92. The quantitative estimate of drug-likeness (QED) is 0.526. The van der Waals surface area contributed by atoms with Crippen molar-refractivity contribution in [3.63, 3.8) is 0 Å². The van der Waals surface area contributed by atoms with Gasteiger partial charge in [-0.2, -0.15) is 22.0 Å². The Labute approximate surface area is 128 Å². The summed E-state index contributed by atoms with van der Waals surface area (Å²) in [5.74, 6) is -10.4. The van der Waals surface area contributed by atoms with E-state index in [1.165, 1.54) is 0 Å². The molecule has 1 heterocycles. The summed E-state index contributed by atoms with van der Waals surface area (Å²) in [6.45, 7) is 0. The fourth-order valence-corrected chi connectivity index (χ4v) is 6.92. The van der Waals surface area contributed by atoms with Gasteiger partial charge in [0.15, 0.2) is 5.60 Å². The van der Waals surface area contributed by atoms with Crippen molar-refractivity contribution in [3.05, 3.63) is 0 Å².